The monoisotopic (exact) mass is 400 g/mol. The van der Waals surface area contributed by atoms with Crippen LogP contribution in [0.5, 0.6) is 0 Å². The van der Waals surface area contributed by atoms with Crippen molar-refractivity contribution in [3.63, 3.8) is 0 Å². The van der Waals surface area contributed by atoms with E-state index in [1.54, 1.807) is 11.3 Å². The van der Waals surface area contributed by atoms with Crippen molar-refractivity contribution in [2.75, 3.05) is 32.7 Å². The first-order chi connectivity index (χ1) is 13.7. The van der Waals surface area contributed by atoms with E-state index in [9.17, 15) is 9.90 Å². The second-order valence-electron chi connectivity index (χ2n) is 7.06. The summed E-state index contributed by atoms with van der Waals surface area (Å²) in [7, 11) is 0. The lowest BCUT2D eigenvalue weighted by molar-refractivity contribution is 0.0618. The minimum Gasteiger partial charge on any atom is -0.390 e. The molecular formula is C20H24N4O3S. The van der Waals surface area contributed by atoms with Crippen LogP contribution in [0.2, 0.25) is 0 Å². The number of piperazine rings is 1. The van der Waals surface area contributed by atoms with Gasteiger partial charge in [0.25, 0.3) is 0 Å². The number of thiophene rings is 1. The number of hydrogen-bond donors (Lipinski definition) is 1. The molecule has 28 heavy (non-hydrogen) atoms. The quantitative estimate of drug-likeness (QED) is 0.651. The van der Waals surface area contributed by atoms with E-state index in [2.05, 4.69) is 32.5 Å². The van der Waals surface area contributed by atoms with Crippen LogP contribution in [0.4, 0.5) is 0 Å². The molecule has 4 rings (SSSR count). The van der Waals surface area contributed by atoms with E-state index in [1.807, 2.05) is 30.3 Å². The van der Waals surface area contributed by atoms with E-state index in [4.69, 9.17) is 4.52 Å². The van der Waals surface area contributed by atoms with Gasteiger partial charge in [0.05, 0.1) is 12.6 Å². The molecule has 7 nitrogen and oxygen atoms in total. The summed E-state index contributed by atoms with van der Waals surface area (Å²) in [6.07, 6.45) is -0.664. The maximum Gasteiger partial charge on any atom is 0.441 e. The molecule has 148 valence electrons. The fraction of sp³-hybridized carbons (Fsp3) is 0.400. The molecule has 0 bridgehead atoms. The third-order valence-electron chi connectivity index (χ3n) is 5.00. The van der Waals surface area contributed by atoms with Crippen molar-refractivity contribution in [3.8, 4) is 11.4 Å². The van der Waals surface area contributed by atoms with Crippen LogP contribution < -0.4 is 5.76 Å². The van der Waals surface area contributed by atoms with Gasteiger partial charge in [-0.05, 0) is 11.4 Å². The zero-order valence-electron chi connectivity index (χ0n) is 15.6. The normalized spacial score (nSPS) is 17.0. The van der Waals surface area contributed by atoms with E-state index in [1.165, 1.54) is 9.44 Å². The highest BCUT2D eigenvalue weighted by atomic mass is 32.1. The van der Waals surface area contributed by atoms with E-state index in [0.717, 1.165) is 38.3 Å². The molecule has 1 atom stereocenters. The van der Waals surface area contributed by atoms with Gasteiger partial charge < -0.3 is 5.11 Å². The highest BCUT2D eigenvalue weighted by Gasteiger charge is 2.22. The fourth-order valence-electron chi connectivity index (χ4n) is 3.54. The van der Waals surface area contributed by atoms with E-state index >= 15 is 0 Å². The molecule has 2 aromatic heterocycles. The third-order valence-corrected chi connectivity index (χ3v) is 5.87. The average Bonchev–Trinajstić information content (AvgIpc) is 3.34. The predicted octanol–water partition coefficient (Wildman–Crippen LogP) is 1.74. The number of benzene rings is 1. The minimum absolute atomic E-state index is 0.169. The van der Waals surface area contributed by atoms with Gasteiger partial charge in [-0.2, -0.15) is 0 Å². The lowest BCUT2D eigenvalue weighted by Crippen LogP contribution is -2.48. The van der Waals surface area contributed by atoms with Crippen LogP contribution in [0.3, 0.4) is 0 Å². The molecule has 0 spiro atoms. The molecule has 0 aliphatic carbocycles. The van der Waals surface area contributed by atoms with Crippen LogP contribution in [-0.4, -0.2) is 63.5 Å². The van der Waals surface area contributed by atoms with Crippen molar-refractivity contribution in [2.24, 2.45) is 0 Å². The number of hydrogen-bond acceptors (Lipinski definition) is 7. The van der Waals surface area contributed by atoms with Crippen molar-refractivity contribution in [2.45, 2.75) is 19.2 Å². The van der Waals surface area contributed by atoms with Crippen LogP contribution in [0, 0.1) is 0 Å². The van der Waals surface area contributed by atoms with Crippen molar-refractivity contribution in [3.05, 3.63) is 63.3 Å². The van der Waals surface area contributed by atoms with Gasteiger partial charge in [0.2, 0.25) is 0 Å². The molecule has 1 saturated heterocycles. The number of aliphatic hydroxyl groups is 1. The van der Waals surface area contributed by atoms with Crippen LogP contribution >= 0.6 is 11.3 Å². The Balaban J connectivity index is 1.31. The highest BCUT2D eigenvalue weighted by molar-refractivity contribution is 7.09. The fourth-order valence-corrected chi connectivity index (χ4v) is 4.29. The SMILES string of the molecule is O=c1onc(-c2ccccc2)n1CC(O)CN1CCN(Cc2cccs2)CC1. The maximum absolute atomic E-state index is 12.0. The number of rotatable bonds is 7. The van der Waals surface area contributed by atoms with Crippen molar-refractivity contribution < 1.29 is 9.63 Å². The van der Waals surface area contributed by atoms with Crippen molar-refractivity contribution in [1.82, 2.24) is 19.5 Å². The Morgan fingerprint density at radius 1 is 1.04 bits per heavy atom. The Bertz CT molecular complexity index is 915. The second kappa shape index (κ2) is 8.83. The summed E-state index contributed by atoms with van der Waals surface area (Å²) < 4.78 is 6.24. The molecule has 1 aliphatic heterocycles. The first-order valence-corrected chi connectivity index (χ1v) is 10.3. The Hall–Kier alpha value is -2.26. The number of nitrogens with zero attached hydrogens (tertiary/aromatic N) is 4. The summed E-state index contributed by atoms with van der Waals surface area (Å²) in [5, 5.41) is 16.5. The van der Waals surface area contributed by atoms with Gasteiger partial charge in [-0.3, -0.25) is 18.9 Å². The second-order valence-corrected chi connectivity index (χ2v) is 8.09. The highest BCUT2D eigenvalue weighted by Crippen LogP contribution is 2.16. The zero-order valence-corrected chi connectivity index (χ0v) is 16.4. The molecule has 1 unspecified atom stereocenters. The molecule has 1 N–H and O–H groups in total. The Kier molecular flexibility index (Phi) is 6.01. The zero-order chi connectivity index (χ0) is 19.3. The van der Waals surface area contributed by atoms with Crippen LogP contribution in [0.25, 0.3) is 11.4 Å². The molecular weight excluding hydrogens is 376 g/mol. The number of aliphatic hydroxyl groups excluding tert-OH is 1. The molecule has 1 aromatic carbocycles. The molecule has 1 aliphatic rings. The molecule has 3 aromatic rings. The molecule has 0 saturated carbocycles. The Morgan fingerprint density at radius 2 is 1.79 bits per heavy atom. The molecule has 0 radical (unpaired) electrons. The standard InChI is InChI=1S/C20H24N4O3S/c25-17(13-22-8-10-23(11-9-22)15-18-7-4-12-28-18)14-24-19(21-27-20(24)26)16-5-2-1-3-6-16/h1-7,12,17,25H,8-11,13-15H2. The molecule has 0 amide bonds. The maximum atomic E-state index is 12.0. The van der Waals surface area contributed by atoms with E-state index in [-0.39, 0.29) is 6.54 Å². The van der Waals surface area contributed by atoms with Gasteiger partial charge in [0.1, 0.15) is 0 Å². The first-order valence-electron chi connectivity index (χ1n) is 9.46. The minimum atomic E-state index is -0.664. The summed E-state index contributed by atoms with van der Waals surface area (Å²) in [5.41, 5.74) is 0.794. The van der Waals surface area contributed by atoms with Crippen molar-refractivity contribution >= 4 is 11.3 Å². The Labute approximate surface area is 167 Å². The Morgan fingerprint density at radius 3 is 2.50 bits per heavy atom. The predicted molar refractivity (Wildman–Crippen MR) is 108 cm³/mol. The van der Waals surface area contributed by atoms with Gasteiger partial charge in [0, 0.05) is 49.7 Å². The third kappa shape index (κ3) is 4.59. The van der Waals surface area contributed by atoms with E-state index in [0.29, 0.717) is 12.4 Å². The topological polar surface area (TPSA) is 74.7 Å². The number of aromatic nitrogens is 2. The van der Waals surface area contributed by atoms with Crippen molar-refractivity contribution in [1.29, 1.82) is 0 Å². The largest absolute Gasteiger partial charge is 0.441 e. The molecule has 3 heterocycles. The smallest absolute Gasteiger partial charge is 0.390 e. The summed E-state index contributed by atoms with van der Waals surface area (Å²) in [6, 6.07) is 13.7. The summed E-state index contributed by atoms with van der Waals surface area (Å²) in [4.78, 5) is 18.1. The first kappa shape index (κ1) is 19.1. The summed E-state index contributed by atoms with van der Waals surface area (Å²) >= 11 is 1.79. The van der Waals surface area contributed by atoms with Gasteiger partial charge >= 0.3 is 5.76 Å². The van der Waals surface area contributed by atoms with Crippen LogP contribution in [-0.2, 0) is 13.1 Å². The van der Waals surface area contributed by atoms with Gasteiger partial charge in [0.15, 0.2) is 5.82 Å². The van der Waals surface area contributed by atoms with Gasteiger partial charge in [-0.25, -0.2) is 4.79 Å². The lowest BCUT2D eigenvalue weighted by Gasteiger charge is -2.35. The molecule has 8 heteroatoms. The van der Waals surface area contributed by atoms with Gasteiger partial charge in [-0.1, -0.05) is 41.6 Å². The lowest BCUT2D eigenvalue weighted by atomic mass is 10.2. The van der Waals surface area contributed by atoms with Crippen LogP contribution in [0.1, 0.15) is 4.88 Å². The average molecular weight is 401 g/mol. The van der Waals surface area contributed by atoms with E-state index < -0.39 is 11.9 Å². The summed E-state index contributed by atoms with van der Waals surface area (Å²) in [5.74, 6) is -0.0934. The number of β-amino-alcohol motifs (C(OH)–C–C–N with tert-alkyl or cyclic N) is 1. The van der Waals surface area contributed by atoms with Crippen LogP contribution in [0.15, 0.2) is 57.2 Å². The summed E-state index contributed by atoms with van der Waals surface area (Å²) in [6.45, 7) is 5.46. The molecule has 1 fully saturated rings. The van der Waals surface area contributed by atoms with Gasteiger partial charge in [-0.15, -0.1) is 11.3 Å².